The Balaban J connectivity index is 2.32. The van der Waals surface area contributed by atoms with Crippen molar-refractivity contribution in [1.29, 1.82) is 0 Å². The molecule has 0 saturated heterocycles. The molecule has 3 rings (SSSR count). The molecule has 6 nitrogen and oxygen atoms in total. The molecule has 0 aliphatic heterocycles. The molecule has 0 spiro atoms. The van der Waals surface area contributed by atoms with Crippen LogP contribution >= 0.6 is 0 Å². The van der Waals surface area contributed by atoms with Gasteiger partial charge in [0.15, 0.2) is 11.1 Å². The molecule has 124 valence electrons. The van der Waals surface area contributed by atoms with Crippen LogP contribution in [-0.2, 0) is 11.2 Å². The van der Waals surface area contributed by atoms with Gasteiger partial charge in [0, 0.05) is 13.1 Å². The highest BCUT2D eigenvalue weighted by atomic mass is 16.5. The Morgan fingerprint density at radius 3 is 2.71 bits per heavy atom. The molecule has 0 bridgehead atoms. The lowest BCUT2D eigenvalue weighted by atomic mass is 10.1. The number of rotatable bonds is 4. The molecule has 0 atom stereocenters. The van der Waals surface area contributed by atoms with E-state index >= 15 is 0 Å². The van der Waals surface area contributed by atoms with Gasteiger partial charge in [0.1, 0.15) is 17.0 Å². The monoisotopic (exact) mass is 326 g/mol. The van der Waals surface area contributed by atoms with Crippen molar-refractivity contribution >= 4 is 33.9 Å². The number of hydrogen-bond donors (Lipinski definition) is 1. The second-order valence-corrected chi connectivity index (χ2v) is 5.32. The van der Waals surface area contributed by atoms with Crippen molar-refractivity contribution in [3.8, 4) is 0 Å². The standard InChI is InChI=1S/C18H18N2O4/c1-4-10-6-7-13-11(8-10)16(21)15-14(24-13)9-12(17(19-3)20-15)18(22)23-5-2/h6-9H,4-5H2,1-3H3,(H,19,20). The van der Waals surface area contributed by atoms with E-state index in [1.807, 2.05) is 19.1 Å². The zero-order valence-electron chi connectivity index (χ0n) is 13.8. The highest BCUT2D eigenvalue weighted by Crippen LogP contribution is 2.23. The molecule has 0 saturated carbocycles. The number of aryl methyl sites for hydroxylation is 1. The van der Waals surface area contributed by atoms with Crippen LogP contribution in [0.25, 0.3) is 22.1 Å². The Morgan fingerprint density at radius 2 is 2.04 bits per heavy atom. The van der Waals surface area contributed by atoms with Crippen LogP contribution in [0.3, 0.4) is 0 Å². The van der Waals surface area contributed by atoms with E-state index in [0.29, 0.717) is 16.8 Å². The van der Waals surface area contributed by atoms with Crippen LogP contribution < -0.4 is 10.7 Å². The maximum absolute atomic E-state index is 12.8. The number of aromatic nitrogens is 1. The maximum Gasteiger partial charge on any atom is 0.342 e. The molecule has 0 aliphatic carbocycles. The summed E-state index contributed by atoms with van der Waals surface area (Å²) in [5, 5.41) is 3.32. The average molecular weight is 326 g/mol. The number of fused-ring (bicyclic) bond motifs is 2. The fraction of sp³-hybridized carbons (Fsp3) is 0.278. The molecule has 1 aromatic carbocycles. The van der Waals surface area contributed by atoms with E-state index in [4.69, 9.17) is 9.15 Å². The second-order valence-electron chi connectivity index (χ2n) is 5.32. The Bertz CT molecular complexity index is 992. The summed E-state index contributed by atoms with van der Waals surface area (Å²) in [6, 6.07) is 7.01. The molecule has 0 amide bonds. The van der Waals surface area contributed by atoms with Gasteiger partial charge in [-0.1, -0.05) is 13.0 Å². The van der Waals surface area contributed by atoms with Crippen molar-refractivity contribution in [3.05, 3.63) is 45.6 Å². The van der Waals surface area contributed by atoms with Crippen LogP contribution in [0, 0.1) is 0 Å². The van der Waals surface area contributed by atoms with Gasteiger partial charge in [-0.25, -0.2) is 9.78 Å². The third-order valence-corrected chi connectivity index (χ3v) is 3.85. The Labute approximate surface area is 138 Å². The molecule has 24 heavy (non-hydrogen) atoms. The predicted molar refractivity (Wildman–Crippen MR) is 92.7 cm³/mol. The summed E-state index contributed by atoms with van der Waals surface area (Å²) in [4.78, 5) is 29.1. The predicted octanol–water partition coefficient (Wildman–Crippen LogP) is 3.12. The van der Waals surface area contributed by atoms with Crippen molar-refractivity contribution in [2.75, 3.05) is 19.0 Å². The topological polar surface area (TPSA) is 81.4 Å². The number of benzene rings is 1. The number of anilines is 1. The summed E-state index contributed by atoms with van der Waals surface area (Å²) in [5.41, 5.74) is 1.99. The number of hydrogen-bond acceptors (Lipinski definition) is 6. The quantitative estimate of drug-likeness (QED) is 0.586. The number of esters is 1. The van der Waals surface area contributed by atoms with Crippen LogP contribution in [0.2, 0.25) is 0 Å². The Morgan fingerprint density at radius 1 is 1.25 bits per heavy atom. The third kappa shape index (κ3) is 2.60. The van der Waals surface area contributed by atoms with Gasteiger partial charge in [-0.3, -0.25) is 4.79 Å². The normalized spacial score (nSPS) is 11.0. The molecular formula is C18H18N2O4. The van der Waals surface area contributed by atoms with Gasteiger partial charge in [0.05, 0.1) is 12.0 Å². The van der Waals surface area contributed by atoms with E-state index < -0.39 is 5.97 Å². The van der Waals surface area contributed by atoms with Gasteiger partial charge in [-0.2, -0.15) is 0 Å². The molecule has 0 unspecified atom stereocenters. The number of ether oxygens (including phenoxy) is 1. The molecule has 1 N–H and O–H groups in total. The van der Waals surface area contributed by atoms with Gasteiger partial charge in [0.25, 0.3) is 0 Å². The summed E-state index contributed by atoms with van der Waals surface area (Å²) < 4.78 is 10.8. The fourth-order valence-electron chi connectivity index (χ4n) is 2.60. The SMILES string of the molecule is CCOC(=O)c1cc2oc3ccc(CC)cc3c(=O)c2nc1NC. The van der Waals surface area contributed by atoms with Gasteiger partial charge < -0.3 is 14.5 Å². The molecule has 0 aliphatic rings. The molecule has 0 fully saturated rings. The third-order valence-electron chi connectivity index (χ3n) is 3.85. The first kappa shape index (κ1) is 16.0. The highest BCUT2D eigenvalue weighted by Gasteiger charge is 2.18. The first-order chi connectivity index (χ1) is 11.6. The number of pyridine rings is 1. The fourth-order valence-corrected chi connectivity index (χ4v) is 2.60. The molecule has 3 aromatic rings. The van der Waals surface area contributed by atoms with Crippen LogP contribution in [0.5, 0.6) is 0 Å². The van der Waals surface area contributed by atoms with E-state index in [1.54, 1.807) is 20.0 Å². The van der Waals surface area contributed by atoms with Crippen molar-refractivity contribution in [3.63, 3.8) is 0 Å². The maximum atomic E-state index is 12.8. The zero-order valence-corrected chi connectivity index (χ0v) is 13.8. The van der Waals surface area contributed by atoms with Crippen LogP contribution in [0.15, 0.2) is 33.5 Å². The minimum Gasteiger partial charge on any atom is -0.462 e. The number of nitrogens with zero attached hydrogens (tertiary/aromatic N) is 1. The summed E-state index contributed by atoms with van der Waals surface area (Å²) in [7, 11) is 1.63. The number of carbonyl (C=O) groups excluding carboxylic acids is 1. The van der Waals surface area contributed by atoms with Gasteiger partial charge >= 0.3 is 5.97 Å². The second kappa shape index (κ2) is 6.31. The van der Waals surface area contributed by atoms with Crippen LogP contribution in [-0.4, -0.2) is 24.6 Å². The number of nitrogens with one attached hydrogen (secondary N) is 1. The smallest absolute Gasteiger partial charge is 0.342 e. The van der Waals surface area contributed by atoms with Gasteiger partial charge in [-0.05, 0) is 31.0 Å². The lowest BCUT2D eigenvalue weighted by Gasteiger charge is -2.09. The average Bonchev–Trinajstić information content (AvgIpc) is 2.61. The van der Waals surface area contributed by atoms with Gasteiger partial charge in [0.2, 0.25) is 5.43 Å². The minimum atomic E-state index is -0.514. The Hall–Kier alpha value is -2.89. The lowest BCUT2D eigenvalue weighted by Crippen LogP contribution is -2.12. The largest absolute Gasteiger partial charge is 0.462 e. The molecule has 2 aromatic heterocycles. The summed E-state index contributed by atoms with van der Waals surface area (Å²) in [5.74, 6) is -0.223. The Kier molecular flexibility index (Phi) is 4.20. The van der Waals surface area contributed by atoms with Crippen LogP contribution in [0.4, 0.5) is 5.82 Å². The van der Waals surface area contributed by atoms with Crippen molar-refractivity contribution < 1.29 is 13.9 Å². The molecule has 6 heteroatoms. The van der Waals surface area contributed by atoms with Crippen molar-refractivity contribution in [1.82, 2.24) is 4.98 Å². The first-order valence-electron chi connectivity index (χ1n) is 7.84. The summed E-state index contributed by atoms with van der Waals surface area (Å²) in [6.45, 7) is 4.00. The van der Waals surface area contributed by atoms with E-state index in [1.165, 1.54) is 6.07 Å². The number of carbonyl (C=O) groups is 1. The minimum absolute atomic E-state index is 0.188. The van der Waals surface area contributed by atoms with E-state index in [9.17, 15) is 9.59 Å². The lowest BCUT2D eigenvalue weighted by molar-refractivity contribution is 0.0527. The van der Waals surface area contributed by atoms with Crippen molar-refractivity contribution in [2.45, 2.75) is 20.3 Å². The van der Waals surface area contributed by atoms with E-state index in [2.05, 4.69) is 10.3 Å². The van der Waals surface area contributed by atoms with Gasteiger partial charge in [-0.15, -0.1) is 0 Å². The summed E-state index contributed by atoms with van der Waals surface area (Å²) >= 11 is 0. The first-order valence-corrected chi connectivity index (χ1v) is 7.84. The highest BCUT2D eigenvalue weighted by molar-refractivity contribution is 5.99. The molecule has 0 radical (unpaired) electrons. The van der Waals surface area contributed by atoms with Crippen LogP contribution in [0.1, 0.15) is 29.8 Å². The summed E-state index contributed by atoms with van der Waals surface area (Å²) in [6.07, 6.45) is 0.824. The van der Waals surface area contributed by atoms with E-state index in [0.717, 1.165) is 12.0 Å². The van der Waals surface area contributed by atoms with E-state index in [-0.39, 0.29) is 28.7 Å². The van der Waals surface area contributed by atoms with Crippen molar-refractivity contribution in [2.24, 2.45) is 0 Å². The zero-order chi connectivity index (χ0) is 17.3. The molecule has 2 heterocycles. The molecular weight excluding hydrogens is 308 g/mol.